The van der Waals surface area contributed by atoms with E-state index in [0.29, 0.717) is 5.92 Å². The van der Waals surface area contributed by atoms with E-state index in [2.05, 4.69) is 36.4 Å². The molecule has 154 valence electrons. The maximum Gasteiger partial charge on any atom is 0.317 e. The molecule has 0 bridgehead atoms. The van der Waals surface area contributed by atoms with Crippen molar-refractivity contribution in [3.8, 4) is 11.5 Å². The Bertz CT molecular complexity index is 988. The predicted molar refractivity (Wildman–Crippen MR) is 118 cm³/mol. The molecule has 1 aliphatic rings. The van der Waals surface area contributed by atoms with E-state index in [0.717, 1.165) is 30.9 Å². The monoisotopic (exact) mass is 401 g/mol. The minimum absolute atomic E-state index is 0.0642. The molecule has 30 heavy (non-hydrogen) atoms. The fourth-order valence-electron chi connectivity index (χ4n) is 4.56. The molecule has 3 aromatic carbocycles. The fraction of sp³-hybridized carbons (Fsp3) is 0.269. The molecule has 1 N–H and O–H groups in total. The average molecular weight is 402 g/mol. The topological polar surface area (TPSA) is 49.8 Å². The van der Waals surface area contributed by atoms with E-state index in [1.807, 2.05) is 54.4 Å². The molecular weight excluding hydrogens is 374 g/mol. The second-order valence-electron chi connectivity index (χ2n) is 8.05. The van der Waals surface area contributed by atoms with Crippen molar-refractivity contribution in [2.45, 2.75) is 18.8 Å². The van der Waals surface area contributed by atoms with Gasteiger partial charge in [0.05, 0.1) is 6.54 Å². The van der Waals surface area contributed by atoms with Gasteiger partial charge in [0, 0.05) is 12.5 Å². The van der Waals surface area contributed by atoms with Crippen molar-refractivity contribution in [2.24, 2.45) is 5.92 Å². The molecule has 4 heteroatoms. The van der Waals surface area contributed by atoms with Gasteiger partial charge in [-0.25, -0.2) is 0 Å². The summed E-state index contributed by atoms with van der Waals surface area (Å²) in [5.41, 5.74) is 3.92. The summed E-state index contributed by atoms with van der Waals surface area (Å²) in [4.78, 5) is 13.1. The van der Waals surface area contributed by atoms with Crippen molar-refractivity contribution in [1.82, 2.24) is 4.90 Å². The molecule has 2 atom stereocenters. The number of carbonyl (C=O) groups is 1. The third-order valence-corrected chi connectivity index (χ3v) is 5.79. The standard InChI is InChI=1S/C26H27NO3/c1-27(18-25(28)29)17-21-13-12-20-16-23(30-22-10-6-3-7-11-22)14-15-24(20)26(21)19-8-4-2-5-9-19/h2-11,14-16,21,26H,12-13,17-18H2,1H3,(H,28,29). The number of carboxylic acid groups (broad SMARTS) is 1. The van der Waals surface area contributed by atoms with Crippen molar-refractivity contribution in [3.63, 3.8) is 0 Å². The van der Waals surface area contributed by atoms with Gasteiger partial charge in [-0.05, 0) is 66.8 Å². The quantitative estimate of drug-likeness (QED) is 0.592. The summed E-state index contributed by atoms with van der Waals surface area (Å²) in [6.07, 6.45) is 1.99. The normalized spacial score (nSPS) is 18.1. The van der Waals surface area contributed by atoms with Gasteiger partial charge in [-0.2, -0.15) is 0 Å². The van der Waals surface area contributed by atoms with Gasteiger partial charge in [0.15, 0.2) is 0 Å². The third kappa shape index (κ3) is 4.71. The van der Waals surface area contributed by atoms with Crippen LogP contribution >= 0.6 is 0 Å². The average Bonchev–Trinajstić information content (AvgIpc) is 2.74. The largest absolute Gasteiger partial charge is 0.480 e. The molecular formula is C26H27NO3. The van der Waals surface area contributed by atoms with Crippen LogP contribution in [-0.4, -0.2) is 36.1 Å². The first-order valence-electron chi connectivity index (χ1n) is 10.4. The van der Waals surface area contributed by atoms with E-state index < -0.39 is 5.97 Å². The van der Waals surface area contributed by atoms with Crippen LogP contribution in [0.15, 0.2) is 78.9 Å². The van der Waals surface area contributed by atoms with Crippen molar-refractivity contribution in [1.29, 1.82) is 0 Å². The lowest BCUT2D eigenvalue weighted by Gasteiger charge is -2.36. The minimum atomic E-state index is -0.785. The van der Waals surface area contributed by atoms with E-state index in [4.69, 9.17) is 9.84 Å². The van der Waals surface area contributed by atoms with Crippen LogP contribution in [0.25, 0.3) is 0 Å². The molecule has 2 unspecified atom stereocenters. The highest BCUT2D eigenvalue weighted by atomic mass is 16.5. The van der Waals surface area contributed by atoms with Gasteiger partial charge in [0.25, 0.3) is 0 Å². The number of hydrogen-bond donors (Lipinski definition) is 1. The Hall–Kier alpha value is -3.11. The summed E-state index contributed by atoms with van der Waals surface area (Å²) in [5.74, 6) is 1.52. The van der Waals surface area contributed by atoms with Crippen LogP contribution in [0.3, 0.4) is 0 Å². The Balaban J connectivity index is 1.63. The molecule has 0 fully saturated rings. The SMILES string of the molecule is CN(CC(=O)O)CC1CCc2cc(Oc3ccccc3)ccc2C1c1ccccc1. The van der Waals surface area contributed by atoms with Gasteiger partial charge >= 0.3 is 5.97 Å². The van der Waals surface area contributed by atoms with Crippen molar-refractivity contribution < 1.29 is 14.6 Å². The van der Waals surface area contributed by atoms with Gasteiger partial charge in [0.1, 0.15) is 11.5 Å². The minimum Gasteiger partial charge on any atom is -0.480 e. The Morgan fingerprint density at radius 1 is 1.00 bits per heavy atom. The molecule has 0 saturated heterocycles. The number of carboxylic acids is 1. The number of nitrogens with zero attached hydrogens (tertiary/aromatic N) is 1. The number of benzene rings is 3. The number of rotatable bonds is 7. The highest BCUT2D eigenvalue weighted by Gasteiger charge is 2.32. The summed E-state index contributed by atoms with van der Waals surface area (Å²) in [6.45, 7) is 0.822. The lowest BCUT2D eigenvalue weighted by molar-refractivity contribution is -0.138. The Kier molecular flexibility index (Phi) is 6.15. The Morgan fingerprint density at radius 2 is 1.70 bits per heavy atom. The highest BCUT2D eigenvalue weighted by Crippen LogP contribution is 2.42. The van der Waals surface area contributed by atoms with E-state index in [9.17, 15) is 4.79 Å². The molecule has 0 aromatic heterocycles. The van der Waals surface area contributed by atoms with Crippen LogP contribution in [0, 0.1) is 5.92 Å². The van der Waals surface area contributed by atoms with Crippen molar-refractivity contribution >= 4 is 5.97 Å². The van der Waals surface area contributed by atoms with Crippen molar-refractivity contribution in [3.05, 3.63) is 95.6 Å². The number of aryl methyl sites for hydroxylation is 1. The molecule has 3 aromatic rings. The first-order valence-corrected chi connectivity index (χ1v) is 10.4. The molecule has 0 spiro atoms. The van der Waals surface area contributed by atoms with Crippen LogP contribution < -0.4 is 4.74 Å². The van der Waals surface area contributed by atoms with Crippen LogP contribution in [0.5, 0.6) is 11.5 Å². The summed E-state index contributed by atoms with van der Waals surface area (Å²) in [5, 5.41) is 9.15. The van der Waals surface area contributed by atoms with Gasteiger partial charge < -0.3 is 9.84 Å². The molecule has 0 aliphatic heterocycles. The lowest BCUT2D eigenvalue weighted by atomic mass is 9.71. The summed E-state index contributed by atoms with van der Waals surface area (Å²) in [7, 11) is 1.89. The fourth-order valence-corrected chi connectivity index (χ4v) is 4.56. The maximum atomic E-state index is 11.1. The van der Waals surface area contributed by atoms with Crippen LogP contribution in [-0.2, 0) is 11.2 Å². The summed E-state index contributed by atoms with van der Waals surface area (Å²) in [6, 6.07) is 26.8. The van der Waals surface area contributed by atoms with Crippen LogP contribution in [0.2, 0.25) is 0 Å². The zero-order valence-corrected chi connectivity index (χ0v) is 17.2. The zero-order valence-electron chi connectivity index (χ0n) is 17.2. The number of ether oxygens (including phenoxy) is 1. The van der Waals surface area contributed by atoms with Gasteiger partial charge in [-0.1, -0.05) is 54.6 Å². The first kappa shape index (κ1) is 20.2. The van der Waals surface area contributed by atoms with E-state index in [1.165, 1.54) is 16.7 Å². The van der Waals surface area contributed by atoms with Gasteiger partial charge in [-0.15, -0.1) is 0 Å². The molecule has 0 saturated carbocycles. The second kappa shape index (κ2) is 9.14. The number of aliphatic carboxylic acids is 1. The van der Waals surface area contributed by atoms with E-state index in [-0.39, 0.29) is 12.5 Å². The van der Waals surface area contributed by atoms with Crippen LogP contribution in [0.4, 0.5) is 0 Å². The molecule has 4 nitrogen and oxygen atoms in total. The Morgan fingerprint density at radius 3 is 2.40 bits per heavy atom. The predicted octanol–water partition coefficient (Wildman–Crippen LogP) is 5.19. The molecule has 1 aliphatic carbocycles. The second-order valence-corrected chi connectivity index (χ2v) is 8.05. The highest BCUT2D eigenvalue weighted by molar-refractivity contribution is 5.69. The number of fused-ring (bicyclic) bond motifs is 1. The van der Waals surface area contributed by atoms with Gasteiger partial charge in [0.2, 0.25) is 0 Å². The lowest BCUT2D eigenvalue weighted by Crippen LogP contribution is -2.35. The smallest absolute Gasteiger partial charge is 0.317 e. The number of hydrogen-bond acceptors (Lipinski definition) is 3. The number of likely N-dealkylation sites (N-methyl/N-ethyl adjacent to an activating group) is 1. The molecule has 0 heterocycles. The maximum absolute atomic E-state index is 11.1. The molecule has 4 rings (SSSR count). The zero-order chi connectivity index (χ0) is 20.9. The molecule has 0 amide bonds. The van der Waals surface area contributed by atoms with Crippen LogP contribution in [0.1, 0.15) is 29.0 Å². The van der Waals surface area contributed by atoms with Crippen molar-refractivity contribution in [2.75, 3.05) is 20.1 Å². The molecule has 0 radical (unpaired) electrons. The Labute approximate surface area is 177 Å². The summed E-state index contributed by atoms with van der Waals surface area (Å²) < 4.78 is 6.05. The first-order chi connectivity index (χ1) is 14.6. The van der Waals surface area contributed by atoms with E-state index >= 15 is 0 Å². The van der Waals surface area contributed by atoms with Gasteiger partial charge in [-0.3, -0.25) is 9.69 Å². The number of para-hydroxylation sites is 1. The summed E-state index contributed by atoms with van der Waals surface area (Å²) >= 11 is 0. The third-order valence-electron chi connectivity index (χ3n) is 5.79. The van der Waals surface area contributed by atoms with E-state index in [1.54, 1.807) is 0 Å².